The summed E-state index contributed by atoms with van der Waals surface area (Å²) in [6.07, 6.45) is 13.3. The van der Waals surface area contributed by atoms with E-state index in [-0.39, 0.29) is 18.0 Å². The number of rotatable bonds is 5. The van der Waals surface area contributed by atoms with Crippen LogP contribution in [0.3, 0.4) is 0 Å². The molecule has 5 heteroatoms. The van der Waals surface area contributed by atoms with Crippen molar-refractivity contribution in [3.8, 4) is 0 Å². The number of methoxy groups -OCH3 is 1. The second-order valence-corrected chi connectivity index (χ2v) is 10.1. The second kappa shape index (κ2) is 10.2. The topological polar surface area (TPSA) is 61.8 Å². The summed E-state index contributed by atoms with van der Waals surface area (Å²) in [4.78, 5) is 24.3. The van der Waals surface area contributed by atoms with Crippen LogP contribution in [0.5, 0.6) is 0 Å². The molecule has 2 unspecified atom stereocenters. The number of ether oxygens (including phenoxy) is 3. The molecule has 0 N–H and O–H groups in total. The van der Waals surface area contributed by atoms with Crippen molar-refractivity contribution < 1.29 is 23.8 Å². The predicted molar refractivity (Wildman–Crippen MR) is 111 cm³/mol. The fourth-order valence-electron chi connectivity index (χ4n) is 6.05. The summed E-state index contributed by atoms with van der Waals surface area (Å²) in [6, 6.07) is 0. The molecular weight excluding hydrogens is 368 g/mol. The Hall–Kier alpha value is -1.26. The van der Waals surface area contributed by atoms with Crippen LogP contribution in [-0.2, 0) is 19.0 Å². The second-order valence-electron chi connectivity index (χ2n) is 10.1. The summed E-state index contributed by atoms with van der Waals surface area (Å²) in [5.74, 6) is 0.912. The molecule has 29 heavy (non-hydrogen) atoms. The van der Waals surface area contributed by atoms with E-state index in [4.69, 9.17) is 14.2 Å². The van der Waals surface area contributed by atoms with Gasteiger partial charge < -0.3 is 14.2 Å². The molecule has 5 nitrogen and oxygen atoms in total. The molecule has 0 aromatic heterocycles. The third kappa shape index (κ3) is 5.67. The van der Waals surface area contributed by atoms with Crippen molar-refractivity contribution in [3.63, 3.8) is 0 Å². The highest BCUT2D eigenvalue weighted by molar-refractivity contribution is 5.73. The maximum absolute atomic E-state index is 12.4. The van der Waals surface area contributed by atoms with Gasteiger partial charge in [-0.2, -0.15) is 0 Å². The van der Waals surface area contributed by atoms with E-state index < -0.39 is 12.3 Å². The zero-order valence-corrected chi connectivity index (χ0v) is 18.6. The van der Waals surface area contributed by atoms with Crippen molar-refractivity contribution >= 4 is 12.1 Å². The number of esters is 1. The zero-order valence-electron chi connectivity index (χ0n) is 18.6. The van der Waals surface area contributed by atoms with Crippen LogP contribution < -0.4 is 0 Å². The highest BCUT2D eigenvalue weighted by Crippen LogP contribution is 2.48. The monoisotopic (exact) mass is 408 g/mol. The number of carbonyl (C=O) groups excluding carboxylic acids is 2. The number of hydrogen-bond donors (Lipinski definition) is 0. The number of hydrogen-bond acceptors (Lipinski definition) is 5. The summed E-state index contributed by atoms with van der Waals surface area (Å²) in [6.45, 7) is 4.91. The molecule has 0 aromatic carbocycles. The normalized spacial score (nSPS) is 31.7. The first kappa shape index (κ1) is 22.4. The van der Waals surface area contributed by atoms with Gasteiger partial charge in [0.2, 0.25) is 0 Å². The van der Waals surface area contributed by atoms with E-state index >= 15 is 0 Å². The highest BCUT2D eigenvalue weighted by Gasteiger charge is 2.40. The Morgan fingerprint density at radius 1 is 0.724 bits per heavy atom. The standard InChI is InChI=1S/C24H40O5/c1-24(2,17-9-5-4-6-10-17)18-13-15-19(16-14-18)28-23(26)29-21-12-8-7-11-20(21)22(25)27-3/h17-21H,4-16H2,1-3H3. The minimum absolute atomic E-state index is 0.0546. The average Bonchev–Trinajstić information content (AvgIpc) is 2.74. The fraction of sp³-hybridized carbons (Fsp3) is 0.917. The van der Waals surface area contributed by atoms with Crippen molar-refractivity contribution in [3.05, 3.63) is 0 Å². The third-order valence-electron chi connectivity index (χ3n) is 8.10. The smallest absolute Gasteiger partial charge is 0.469 e. The SMILES string of the molecule is COC(=O)C1CCCCC1OC(=O)OC1CCC(C(C)(C)C2CCCCC2)CC1. The van der Waals surface area contributed by atoms with E-state index in [9.17, 15) is 9.59 Å². The van der Waals surface area contributed by atoms with E-state index in [0.717, 1.165) is 44.4 Å². The minimum Gasteiger partial charge on any atom is -0.469 e. The van der Waals surface area contributed by atoms with E-state index in [0.29, 0.717) is 24.2 Å². The Morgan fingerprint density at radius 2 is 1.31 bits per heavy atom. The van der Waals surface area contributed by atoms with Crippen LogP contribution >= 0.6 is 0 Å². The maximum atomic E-state index is 12.4. The van der Waals surface area contributed by atoms with Gasteiger partial charge in [-0.3, -0.25) is 4.79 Å². The van der Waals surface area contributed by atoms with Gasteiger partial charge in [0.1, 0.15) is 12.2 Å². The summed E-state index contributed by atoms with van der Waals surface area (Å²) < 4.78 is 16.1. The highest BCUT2D eigenvalue weighted by atomic mass is 16.7. The predicted octanol–water partition coefficient (Wildman–Crippen LogP) is 6.04. The molecule has 3 rings (SSSR count). The molecule has 0 bridgehead atoms. The summed E-state index contributed by atoms with van der Waals surface area (Å²) in [5.41, 5.74) is 0.377. The number of carbonyl (C=O) groups is 2. The Morgan fingerprint density at radius 3 is 1.97 bits per heavy atom. The molecule has 2 atom stereocenters. The van der Waals surface area contributed by atoms with E-state index in [1.54, 1.807) is 0 Å². The lowest BCUT2D eigenvalue weighted by Gasteiger charge is -2.45. The van der Waals surface area contributed by atoms with Crippen molar-refractivity contribution in [2.24, 2.45) is 23.2 Å². The molecular formula is C24H40O5. The van der Waals surface area contributed by atoms with Crippen LogP contribution in [0.2, 0.25) is 0 Å². The van der Waals surface area contributed by atoms with Crippen LogP contribution in [0.15, 0.2) is 0 Å². The quantitative estimate of drug-likeness (QED) is 0.519. The Balaban J connectivity index is 1.45. The van der Waals surface area contributed by atoms with Gasteiger partial charge in [-0.15, -0.1) is 0 Å². The Labute approximate surface area is 176 Å². The lowest BCUT2D eigenvalue weighted by Crippen LogP contribution is -2.39. The molecule has 3 saturated carbocycles. The van der Waals surface area contributed by atoms with Crippen LogP contribution in [0, 0.1) is 23.2 Å². The third-order valence-corrected chi connectivity index (χ3v) is 8.10. The molecule has 0 amide bonds. The van der Waals surface area contributed by atoms with Gasteiger partial charge in [0.25, 0.3) is 0 Å². The van der Waals surface area contributed by atoms with Gasteiger partial charge in [-0.25, -0.2) is 4.79 Å². The summed E-state index contributed by atoms with van der Waals surface area (Å²) in [7, 11) is 1.39. The molecule has 0 saturated heterocycles. The first-order chi connectivity index (χ1) is 13.9. The van der Waals surface area contributed by atoms with E-state index in [1.165, 1.54) is 39.2 Å². The first-order valence-corrected chi connectivity index (χ1v) is 11.9. The van der Waals surface area contributed by atoms with Gasteiger partial charge in [0.15, 0.2) is 0 Å². The van der Waals surface area contributed by atoms with Gasteiger partial charge in [0, 0.05) is 0 Å². The van der Waals surface area contributed by atoms with Gasteiger partial charge >= 0.3 is 12.1 Å². The maximum Gasteiger partial charge on any atom is 0.508 e. The molecule has 0 aromatic rings. The van der Waals surface area contributed by atoms with Crippen LogP contribution in [0.4, 0.5) is 4.79 Å². The summed E-state index contributed by atoms with van der Waals surface area (Å²) in [5, 5.41) is 0. The van der Waals surface area contributed by atoms with Crippen molar-refractivity contribution in [1.82, 2.24) is 0 Å². The van der Waals surface area contributed by atoms with Crippen molar-refractivity contribution in [2.75, 3.05) is 7.11 Å². The lowest BCUT2D eigenvalue weighted by atomic mass is 9.61. The fourth-order valence-corrected chi connectivity index (χ4v) is 6.05. The van der Waals surface area contributed by atoms with E-state index in [1.807, 2.05) is 0 Å². The van der Waals surface area contributed by atoms with Crippen LogP contribution in [0.25, 0.3) is 0 Å². The van der Waals surface area contributed by atoms with Gasteiger partial charge in [0.05, 0.1) is 13.0 Å². The van der Waals surface area contributed by atoms with Crippen LogP contribution in [-0.4, -0.2) is 31.4 Å². The summed E-state index contributed by atoms with van der Waals surface area (Å²) >= 11 is 0. The lowest BCUT2D eigenvalue weighted by molar-refractivity contribution is -0.152. The molecule has 3 fully saturated rings. The van der Waals surface area contributed by atoms with Gasteiger partial charge in [-0.1, -0.05) is 39.5 Å². The molecule has 0 heterocycles. The Bertz CT molecular complexity index is 543. The van der Waals surface area contributed by atoms with E-state index in [2.05, 4.69) is 13.8 Å². The largest absolute Gasteiger partial charge is 0.508 e. The molecule has 3 aliphatic rings. The molecule has 3 aliphatic carbocycles. The van der Waals surface area contributed by atoms with Crippen molar-refractivity contribution in [1.29, 1.82) is 0 Å². The van der Waals surface area contributed by atoms with Crippen LogP contribution in [0.1, 0.15) is 97.3 Å². The first-order valence-electron chi connectivity index (χ1n) is 11.9. The zero-order chi connectivity index (χ0) is 20.9. The molecule has 0 spiro atoms. The minimum atomic E-state index is -0.610. The Kier molecular flexibility index (Phi) is 7.86. The molecule has 166 valence electrons. The van der Waals surface area contributed by atoms with Gasteiger partial charge in [-0.05, 0) is 75.0 Å². The molecule has 0 radical (unpaired) electrons. The average molecular weight is 409 g/mol. The van der Waals surface area contributed by atoms with Crippen molar-refractivity contribution in [2.45, 2.75) is 110 Å². The molecule has 0 aliphatic heterocycles.